The minimum atomic E-state index is -0.177. The molecule has 1 aromatic carbocycles. The molecule has 0 unspecified atom stereocenters. The predicted octanol–water partition coefficient (Wildman–Crippen LogP) is 6.10. The highest BCUT2D eigenvalue weighted by molar-refractivity contribution is 6.04. The first-order valence-corrected chi connectivity index (χ1v) is 12.9. The van der Waals surface area contributed by atoms with Crippen molar-refractivity contribution in [2.24, 2.45) is 0 Å². The maximum absolute atomic E-state index is 12.9. The van der Waals surface area contributed by atoms with Gasteiger partial charge in [-0.25, -0.2) is 9.97 Å². The van der Waals surface area contributed by atoms with Crippen molar-refractivity contribution in [1.82, 2.24) is 24.3 Å². The maximum atomic E-state index is 12.9. The van der Waals surface area contributed by atoms with Crippen LogP contribution in [0.15, 0.2) is 55.0 Å². The summed E-state index contributed by atoms with van der Waals surface area (Å²) in [6.45, 7) is 9.48. The molecule has 188 valence electrons. The number of benzene rings is 1. The number of nitrogens with one attached hydrogen (secondary N) is 1. The summed E-state index contributed by atoms with van der Waals surface area (Å²) in [5.74, 6) is 1.42. The first kappa shape index (κ1) is 25.5. The van der Waals surface area contributed by atoms with Gasteiger partial charge in [-0.2, -0.15) is 0 Å². The quantitative estimate of drug-likeness (QED) is 0.294. The Balaban J connectivity index is 1.66. The molecule has 0 saturated carbocycles. The van der Waals surface area contributed by atoms with Crippen molar-refractivity contribution in [2.45, 2.75) is 59.4 Å². The lowest BCUT2D eigenvalue weighted by atomic mass is 10.1. The topological polar surface area (TPSA) is 75.4 Å². The van der Waals surface area contributed by atoms with Gasteiger partial charge in [-0.05, 0) is 63.2 Å². The molecule has 0 radical (unpaired) electrons. The average Bonchev–Trinajstić information content (AvgIpc) is 3.28. The third kappa shape index (κ3) is 5.31. The summed E-state index contributed by atoms with van der Waals surface area (Å²) in [6.07, 6.45) is 9.68. The van der Waals surface area contributed by atoms with Crippen molar-refractivity contribution in [1.29, 1.82) is 0 Å². The van der Waals surface area contributed by atoms with Gasteiger partial charge in [0.1, 0.15) is 11.6 Å². The summed E-state index contributed by atoms with van der Waals surface area (Å²) in [5, 5.41) is 2.92. The Hall–Kier alpha value is -3.58. The minimum absolute atomic E-state index is 0.177. The van der Waals surface area contributed by atoms with Crippen LogP contribution in [-0.2, 0) is 6.42 Å². The average molecular weight is 485 g/mol. The number of carbonyl (C=O) groups excluding carboxylic acids is 1. The lowest BCUT2D eigenvalue weighted by Gasteiger charge is -2.25. The zero-order valence-corrected chi connectivity index (χ0v) is 22.0. The number of rotatable bonds is 10. The zero-order chi connectivity index (χ0) is 25.7. The van der Waals surface area contributed by atoms with Gasteiger partial charge in [0.2, 0.25) is 0 Å². The third-order valence-electron chi connectivity index (χ3n) is 6.68. The molecule has 1 N–H and O–H groups in total. The van der Waals surface area contributed by atoms with Crippen LogP contribution in [0.4, 0.5) is 5.82 Å². The second-order valence-corrected chi connectivity index (χ2v) is 9.26. The molecule has 4 rings (SSSR count). The van der Waals surface area contributed by atoms with Crippen molar-refractivity contribution in [3.8, 4) is 11.3 Å². The van der Waals surface area contributed by atoms with Gasteiger partial charge >= 0.3 is 0 Å². The Kier molecular flexibility index (Phi) is 8.10. The van der Waals surface area contributed by atoms with Gasteiger partial charge in [0.25, 0.3) is 5.91 Å². The van der Waals surface area contributed by atoms with E-state index in [0.717, 1.165) is 60.5 Å². The monoisotopic (exact) mass is 484 g/mol. The number of nitrogens with zero attached hydrogens (tertiary/aromatic N) is 5. The van der Waals surface area contributed by atoms with Crippen molar-refractivity contribution in [2.75, 3.05) is 18.9 Å². The number of aryl methyl sites for hydroxylation is 2. The van der Waals surface area contributed by atoms with Crippen LogP contribution in [0.1, 0.15) is 73.5 Å². The Morgan fingerprint density at radius 3 is 2.53 bits per heavy atom. The molecule has 0 aliphatic carbocycles. The number of carbonyl (C=O) groups is 1. The van der Waals surface area contributed by atoms with Gasteiger partial charge in [-0.15, -0.1) is 0 Å². The molecular formula is C29H36N6O. The molecule has 1 amide bonds. The molecule has 7 heteroatoms. The zero-order valence-electron chi connectivity index (χ0n) is 22.0. The summed E-state index contributed by atoms with van der Waals surface area (Å²) in [5.41, 5.74) is 5.54. The normalized spacial score (nSPS) is 12.3. The summed E-state index contributed by atoms with van der Waals surface area (Å²) in [7, 11) is 2.15. The van der Waals surface area contributed by atoms with Gasteiger partial charge in [0, 0.05) is 29.7 Å². The van der Waals surface area contributed by atoms with E-state index in [0.29, 0.717) is 11.4 Å². The molecule has 3 heterocycles. The summed E-state index contributed by atoms with van der Waals surface area (Å²) in [4.78, 5) is 29.2. The van der Waals surface area contributed by atoms with E-state index in [1.807, 2.05) is 55.7 Å². The van der Waals surface area contributed by atoms with Crippen molar-refractivity contribution in [3.63, 3.8) is 0 Å². The molecule has 0 aliphatic rings. The van der Waals surface area contributed by atoms with Crippen LogP contribution in [-0.4, -0.2) is 43.8 Å². The van der Waals surface area contributed by atoms with Gasteiger partial charge < -0.3 is 5.32 Å². The van der Waals surface area contributed by atoms with Crippen LogP contribution < -0.4 is 5.32 Å². The number of imidazole rings is 1. The Labute approximate surface area is 213 Å². The predicted molar refractivity (Wildman–Crippen MR) is 145 cm³/mol. The van der Waals surface area contributed by atoms with E-state index in [1.165, 1.54) is 5.56 Å². The van der Waals surface area contributed by atoms with E-state index in [4.69, 9.17) is 4.98 Å². The standard InChI is InChI=1S/C29H36N6O/c1-6-9-21-15-16-31-25(19-21)32-29(36)23-13-11-22(12-14-23)26-27-20(4)30-17-18-35(27)28(33-26)24(10-7-2)34(5)8-3/h11-19,24H,6-10H2,1-5H3,(H,31,32,36)/t24-/m0/s1. The molecule has 0 aliphatic heterocycles. The largest absolute Gasteiger partial charge is 0.307 e. The second kappa shape index (κ2) is 11.4. The Morgan fingerprint density at radius 2 is 1.83 bits per heavy atom. The summed E-state index contributed by atoms with van der Waals surface area (Å²) < 4.78 is 2.18. The Bertz CT molecular complexity index is 1330. The van der Waals surface area contributed by atoms with Crippen molar-refractivity contribution >= 4 is 17.2 Å². The molecule has 7 nitrogen and oxygen atoms in total. The van der Waals surface area contributed by atoms with E-state index in [9.17, 15) is 4.79 Å². The maximum Gasteiger partial charge on any atom is 0.256 e. The first-order valence-electron chi connectivity index (χ1n) is 12.9. The van der Waals surface area contributed by atoms with Gasteiger partial charge in [-0.3, -0.25) is 19.1 Å². The number of amides is 1. The van der Waals surface area contributed by atoms with Crippen molar-refractivity contribution < 1.29 is 4.79 Å². The number of hydrogen-bond donors (Lipinski definition) is 1. The molecule has 3 aromatic heterocycles. The van der Waals surface area contributed by atoms with Crippen LogP contribution >= 0.6 is 0 Å². The van der Waals surface area contributed by atoms with Gasteiger partial charge in [-0.1, -0.05) is 45.7 Å². The second-order valence-electron chi connectivity index (χ2n) is 9.26. The number of aromatic nitrogens is 4. The van der Waals surface area contributed by atoms with E-state index in [-0.39, 0.29) is 11.9 Å². The number of fused-ring (bicyclic) bond motifs is 1. The molecule has 0 spiro atoms. The summed E-state index contributed by atoms with van der Waals surface area (Å²) in [6, 6.07) is 11.8. The molecular weight excluding hydrogens is 448 g/mol. The van der Waals surface area contributed by atoms with Crippen molar-refractivity contribution in [3.05, 3.63) is 77.6 Å². The van der Waals surface area contributed by atoms with Crippen LogP contribution in [0.5, 0.6) is 0 Å². The van der Waals surface area contributed by atoms with Crippen LogP contribution in [0.2, 0.25) is 0 Å². The van der Waals surface area contributed by atoms with Crippen LogP contribution in [0.25, 0.3) is 16.8 Å². The number of anilines is 1. The molecule has 0 fully saturated rings. The highest BCUT2D eigenvalue weighted by Gasteiger charge is 2.24. The van der Waals surface area contributed by atoms with E-state index >= 15 is 0 Å². The third-order valence-corrected chi connectivity index (χ3v) is 6.68. The van der Waals surface area contributed by atoms with Gasteiger partial charge in [0.05, 0.1) is 22.9 Å². The molecule has 1 atom stereocenters. The number of pyridine rings is 1. The van der Waals surface area contributed by atoms with E-state index in [1.54, 1.807) is 6.20 Å². The highest BCUT2D eigenvalue weighted by atomic mass is 16.1. The first-order chi connectivity index (χ1) is 17.5. The number of hydrogen-bond acceptors (Lipinski definition) is 5. The lowest BCUT2D eigenvalue weighted by molar-refractivity contribution is 0.102. The van der Waals surface area contributed by atoms with Crippen LogP contribution in [0.3, 0.4) is 0 Å². The van der Waals surface area contributed by atoms with E-state index < -0.39 is 0 Å². The Morgan fingerprint density at radius 1 is 1.06 bits per heavy atom. The lowest BCUT2D eigenvalue weighted by Crippen LogP contribution is -2.26. The molecule has 4 aromatic rings. The smallest absolute Gasteiger partial charge is 0.256 e. The molecule has 0 saturated heterocycles. The summed E-state index contributed by atoms with van der Waals surface area (Å²) >= 11 is 0. The minimum Gasteiger partial charge on any atom is -0.307 e. The fraction of sp³-hybridized carbons (Fsp3) is 0.379. The highest BCUT2D eigenvalue weighted by Crippen LogP contribution is 2.32. The van der Waals surface area contributed by atoms with Crippen LogP contribution in [0, 0.1) is 6.92 Å². The fourth-order valence-corrected chi connectivity index (χ4v) is 4.65. The molecule has 0 bridgehead atoms. The van der Waals surface area contributed by atoms with Gasteiger partial charge in [0.15, 0.2) is 0 Å². The SMILES string of the molecule is CCCc1ccnc(NC(=O)c2ccc(-c3nc([C@H](CCC)N(C)CC)n4ccnc(C)c34)cc2)c1. The fourth-order valence-electron chi connectivity index (χ4n) is 4.65. The van der Waals surface area contributed by atoms with E-state index in [2.05, 4.69) is 52.4 Å². The molecule has 36 heavy (non-hydrogen) atoms.